The first-order valence-corrected chi connectivity index (χ1v) is 10.6. The molecule has 0 aliphatic carbocycles. The van der Waals surface area contributed by atoms with Gasteiger partial charge in [-0.3, -0.25) is 9.59 Å². The summed E-state index contributed by atoms with van der Waals surface area (Å²) in [6, 6.07) is 0. The molecule has 5 heteroatoms. The molecule has 0 aliphatic rings. The van der Waals surface area contributed by atoms with Crippen LogP contribution in [-0.4, -0.2) is 33.2 Å². The van der Waals surface area contributed by atoms with Crippen LogP contribution in [0.1, 0.15) is 40.0 Å². The molecule has 0 spiro atoms. The van der Waals surface area contributed by atoms with E-state index in [0.29, 0.717) is 19.6 Å². The first-order valence-electron chi connectivity index (χ1n) is 7.12. The van der Waals surface area contributed by atoms with Crippen molar-refractivity contribution < 1.29 is 19.1 Å². The number of ether oxygens (including phenoxy) is 2. The van der Waals surface area contributed by atoms with Crippen molar-refractivity contribution in [2.24, 2.45) is 0 Å². The van der Waals surface area contributed by atoms with E-state index < -0.39 is 25.1 Å². The van der Waals surface area contributed by atoms with Gasteiger partial charge in [-0.1, -0.05) is 40.4 Å². The molecule has 0 aliphatic heterocycles. The van der Waals surface area contributed by atoms with Crippen LogP contribution in [0.3, 0.4) is 0 Å². The fourth-order valence-electron chi connectivity index (χ4n) is 2.15. The monoisotopic (exact) mass is 288 g/mol. The minimum atomic E-state index is -2.11. The van der Waals surface area contributed by atoms with Gasteiger partial charge in [-0.15, -0.1) is 0 Å². The summed E-state index contributed by atoms with van der Waals surface area (Å²) in [4.78, 5) is 24.8. The first kappa shape index (κ1) is 18.2. The van der Waals surface area contributed by atoms with E-state index in [4.69, 9.17) is 9.47 Å². The maximum atomic E-state index is 12.4. The predicted octanol–water partition coefficient (Wildman–Crippen LogP) is 3.38. The topological polar surface area (TPSA) is 52.6 Å². The number of hydrogen-bond acceptors (Lipinski definition) is 4. The Bertz CT molecular complexity index is 287. The molecular weight excluding hydrogens is 260 g/mol. The van der Waals surface area contributed by atoms with Crippen molar-refractivity contribution in [1.82, 2.24) is 0 Å². The van der Waals surface area contributed by atoms with Crippen LogP contribution in [0.5, 0.6) is 0 Å². The second-order valence-electron chi connectivity index (χ2n) is 5.78. The minimum Gasteiger partial charge on any atom is -0.465 e. The van der Waals surface area contributed by atoms with Gasteiger partial charge >= 0.3 is 11.9 Å². The van der Waals surface area contributed by atoms with E-state index >= 15 is 0 Å². The average molecular weight is 288 g/mol. The van der Waals surface area contributed by atoms with Crippen LogP contribution in [0.2, 0.25) is 24.7 Å². The second-order valence-corrected chi connectivity index (χ2v) is 11.1. The highest BCUT2D eigenvalue weighted by Gasteiger charge is 2.56. The molecule has 0 fully saturated rings. The van der Waals surface area contributed by atoms with Crippen molar-refractivity contribution in [3.8, 4) is 0 Å². The van der Waals surface area contributed by atoms with Crippen LogP contribution in [0.15, 0.2) is 0 Å². The summed E-state index contributed by atoms with van der Waals surface area (Å²) < 4.78 is 10.5. The van der Waals surface area contributed by atoms with Crippen molar-refractivity contribution in [3.63, 3.8) is 0 Å². The maximum absolute atomic E-state index is 12.4. The Labute approximate surface area is 117 Å². The van der Waals surface area contributed by atoms with Gasteiger partial charge in [0.25, 0.3) is 0 Å². The molecule has 4 nitrogen and oxygen atoms in total. The lowest BCUT2D eigenvalue weighted by Gasteiger charge is -2.38. The molecule has 19 heavy (non-hydrogen) atoms. The highest BCUT2D eigenvalue weighted by Crippen LogP contribution is 2.44. The van der Waals surface area contributed by atoms with Gasteiger partial charge in [0.15, 0.2) is 5.04 Å². The van der Waals surface area contributed by atoms with Gasteiger partial charge in [0.2, 0.25) is 0 Å². The summed E-state index contributed by atoms with van der Waals surface area (Å²) in [5.74, 6) is -0.811. The Morgan fingerprint density at radius 2 is 1.26 bits per heavy atom. The number of esters is 2. The Hall–Kier alpha value is -0.843. The summed E-state index contributed by atoms with van der Waals surface area (Å²) in [7, 11) is -2.11. The van der Waals surface area contributed by atoms with Crippen molar-refractivity contribution in [2.45, 2.75) is 64.7 Å². The quantitative estimate of drug-likeness (QED) is 0.390. The highest BCUT2D eigenvalue weighted by molar-refractivity contribution is 6.85. The van der Waals surface area contributed by atoms with Gasteiger partial charge in [-0.25, -0.2) is 0 Å². The first-order chi connectivity index (χ1) is 8.77. The molecule has 0 heterocycles. The lowest BCUT2D eigenvalue weighted by Crippen LogP contribution is -2.51. The molecule has 0 saturated carbocycles. The van der Waals surface area contributed by atoms with E-state index in [1.807, 2.05) is 40.4 Å². The van der Waals surface area contributed by atoms with Gasteiger partial charge < -0.3 is 9.47 Å². The van der Waals surface area contributed by atoms with Gasteiger partial charge in [0, 0.05) is 0 Å². The van der Waals surface area contributed by atoms with Crippen molar-refractivity contribution in [3.05, 3.63) is 0 Å². The highest BCUT2D eigenvalue weighted by atomic mass is 28.3. The van der Waals surface area contributed by atoms with Gasteiger partial charge in [0.1, 0.15) is 0 Å². The van der Waals surface area contributed by atoms with E-state index in [1.165, 1.54) is 0 Å². The van der Waals surface area contributed by atoms with Crippen molar-refractivity contribution in [1.29, 1.82) is 0 Å². The third kappa shape index (κ3) is 4.06. The van der Waals surface area contributed by atoms with Crippen LogP contribution >= 0.6 is 0 Å². The zero-order valence-corrected chi connectivity index (χ0v) is 14.2. The van der Waals surface area contributed by atoms with Crippen LogP contribution in [0.4, 0.5) is 0 Å². The fraction of sp³-hybridized carbons (Fsp3) is 0.857. The fourth-order valence-corrected chi connectivity index (χ4v) is 4.58. The Morgan fingerprint density at radius 1 is 0.895 bits per heavy atom. The molecule has 112 valence electrons. The number of carbonyl (C=O) groups excluding carboxylic acids is 2. The summed E-state index contributed by atoms with van der Waals surface area (Å²) in [5.41, 5.74) is 0. The maximum Gasteiger partial charge on any atom is 0.320 e. The predicted molar refractivity (Wildman–Crippen MR) is 78.8 cm³/mol. The zero-order chi connectivity index (χ0) is 15.1. The normalized spacial score (nSPS) is 12.1. The van der Waals surface area contributed by atoms with E-state index in [-0.39, 0.29) is 0 Å². The Morgan fingerprint density at radius 3 is 1.47 bits per heavy atom. The molecule has 0 unspecified atom stereocenters. The second kappa shape index (κ2) is 7.67. The number of hydrogen-bond donors (Lipinski definition) is 0. The molecule has 0 radical (unpaired) electrons. The summed E-state index contributed by atoms with van der Waals surface area (Å²) in [6.45, 7) is 12.5. The van der Waals surface area contributed by atoms with Crippen LogP contribution in [0, 0.1) is 0 Å². The standard InChI is InChI=1S/C14H28O4Si/c1-7-10-17-12(15)14(9-3,19(4,5)6)13(16)18-11-8-2/h7-11H2,1-6H3. The average Bonchev–Trinajstić information content (AvgIpc) is 2.33. The van der Waals surface area contributed by atoms with Crippen LogP contribution in [0.25, 0.3) is 0 Å². The van der Waals surface area contributed by atoms with Crippen LogP contribution < -0.4 is 0 Å². The summed E-state index contributed by atoms with van der Waals surface area (Å²) in [6.07, 6.45) is 1.94. The molecule has 0 bridgehead atoms. The molecule has 0 aromatic rings. The van der Waals surface area contributed by atoms with E-state index in [0.717, 1.165) is 12.8 Å². The van der Waals surface area contributed by atoms with Crippen molar-refractivity contribution >= 4 is 20.0 Å². The number of carbonyl (C=O) groups is 2. The molecule has 0 aromatic heterocycles. The molecule has 0 amide bonds. The van der Waals surface area contributed by atoms with Gasteiger partial charge in [-0.2, -0.15) is 0 Å². The minimum absolute atomic E-state index is 0.353. The largest absolute Gasteiger partial charge is 0.465 e. The van der Waals surface area contributed by atoms with E-state index in [2.05, 4.69) is 0 Å². The Balaban J connectivity index is 5.32. The molecule has 0 aromatic carbocycles. The van der Waals surface area contributed by atoms with E-state index in [1.54, 1.807) is 0 Å². The smallest absolute Gasteiger partial charge is 0.320 e. The van der Waals surface area contributed by atoms with Gasteiger partial charge in [-0.05, 0) is 19.3 Å². The van der Waals surface area contributed by atoms with Crippen molar-refractivity contribution in [2.75, 3.05) is 13.2 Å². The van der Waals surface area contributed by atoms with E-state index in [9.17, 15) is 9.59 Å². The Kier molecular flexibility index (Phi) is 7.33. The molecule has 0 saturated heterocycles. The zero-order valence-electron chi connectivity index (χ0n) is 13.2. The molecule has 0 rings (SSSR count). The lowest BCUT2D eigenvalue weighted by molar-refractivity contribution is -0.161. The SMILES string of the molecule is CCCOC(=O)C(CC)(C(=O)OCCC)[Si](C)(C)C. The van der Waals surface area contributed by atoms with Crippen LogP contribution in [-0.2, 0) is 19.1 Å². The summed E-state index contributed by atoms with van der Waals surface area (Å²) >= 11 is 0. The van der Waals surface area contributed by atoms with Gasteiger partial charge in [0.05, 0.1) is 21.3 Å². The number of rotatable bonds is 8. The molecule has 0 atom stereocenters. The molecule has 0 N–H and O–H groups in total. The third-order valence-electron chi connectivity index (χ3n) is 3.38. The third-order valence-corrected chi connectivity index (χ3v) is 6.70. The molecular formula is C14H28O4Si. The lowest BCUT2D eigenvalue weighted by atomic mass is 10.1. The summed E-state index contributed by atoms with van der Waals surface area (Å²) in [5, 5.41) is -1.09.